The second-order valence-corrected chi connectivity index (χ2v) is 9.50. The highest BCUT2D eigenvalue weighted by Gasteiger charge is 2.33. The highest BCUT2D eigenvalue weighted by molar-refractivity contribution is 9.10. The van der Waals surface area contributed by atoms with E-state index in [1.807, 2.05) is 13.8 Å². The van der Waals surface area contributed by atoms with Gasteiger partial charge < -0.3 is 5.32 Å². The van der Waals surface area contributed by atoms with Crippen LogP contribution in [-0.2, 0) is 10.0 Å². The molecule has 1 fully saturated rings. The summed E-state index contributed by atoms with van der Waals surface area (Å²) in [6, 6.07) is -0.614. The number of rotatable bonds is 4. The first-order valence-electron chi connectivity index (χ1n) is 8.18. The molecule has 11 heteroatoms. The van der Waals surface area contributed by atoms with Crippen molar-refractivity contribution in [2.24, 2.45) is 0 Å². The molecule has 1 aliphatic rings. The zero-order chi connectivity index (χ0) is 19.2. The van der Waals surface area contributed by atoms with Crippen LogP contribution in [-0.4, -0.2) is 58.9 Å². The average molecular weight is 452 g/mol. The third kappa shape index (κ3) is 3.56. The van der Waals surface area contributed by atoms with E-state index >= 15 is 0 Å². The average Bonchev–Trinajstić information content (AvgIpc) is 2.79. The van der Waals surface area contributed by atoms with E-state index in [4.69, 9.17) is 0 Å². The number of hydrogen-bond acceptors (Lipinski definition) is 5. The Labute approximate surface area is 159 Å². The standard InChI is InChI=1S/C15H20BrF2N5O2S/c1-8(2)14-12(16)13(18)11-6-19-15(21-23(11)14)20-10-4-5-22(7-9(10)17)26(3,24)25/h6,8-10H,4-5,7H2,1-3H3,(H,20,21)/t9-,10-/m1/s1. The second-order valence-electron chi connectivity index (χ2n) is 6.72. The molecule has 0 spiro atoms. The summed E-state index contributed by atoms with van der Waals surface area (Å²) in [5.41, 5.74) is 0.890. The van der Waals surface area contributed by atoms with Gasteiger partial charge in [0.15, 0.2) is 5.82 Å². The van der Waals surface area contributed by atoms with Crippen molar-refractivity contribution in [1.29, 1.82) is 0 Å². The molecule has 1 saturated heterocycles. The predicted molar refractivity (Wildman–Crippen MR) is 98.1 cm³/mol. The highest BCUT2D eigenvalue weighted by atomic mass is 79.9. The molecular formula is C15H20BrF2N5O2S. The molecule has 0 radical (unpaired) electrons. The lowest BCUT2D eigenvalue weighted by molar-refractivity contribution is 0.186. The Hall–Kier alpha value is -1.33. The number of hydrogen-bond donors (Lipinski definition) is 1. The third-order valence-electron chi connectivity index (χ3n) is 4.44. The summed E-state index contributed by atoms with van der Waals surface area (Å²) < 4.78 is 54.7. The van der Waals surface area contributed by atoms with Gasteiger partial charge in [-0.15, -0.1) is 5.10 Å². The van der Waals surface area contributed by atoms with E-state index in [1.54, 1.807) is 0 Å². The fraction of sp³-hybridized carbons (Fsp3) is 0.600. The first-order chi connectivity index (χ1) is 12.1. The van der Waals surface area contributed by atoms with E-state index in [-0.39, 0.29) is 36.9 Å². The van der Waals surface area contributed by atoms with Crippen LogP contribution in [0.25, 0.3) is 5.52 Å². The molecule has 3 heterocycles. The third-order valence-corrected chi connectivity index (χ3v) is 6.46. The van der Waals surface area contributed by atoms with E-state index in [0.717, 1.165) is 10.6 Å². The van der Waals surface area contributed by atoms with Gasteiger partial charge in [0.2, 0.25) is 16.0 Å². The minimum absolute atomic E-state index is 0.0102. The Balaban J connectivity index is 1.85. The van der Waals surface area contributed by atoms with E-state index in [2.05, 4.69) is 31.3 Å². The number of nitrogens with zero attached hydrogens (tertiary/aromatic N) is 4. The Morgan fingerprint density at radius 1 is 1.42 bits per heavy atom. The number of nitrogens with one attached hydrogen (secondary N) is 1. The first-order valence-corrected chi connectivity index (χ1v) is 10.8. The van der Waals surface area contributed by atoms with Crippen LogP contribution in [0.1, 0.15) is 31.9 Å². The molecular weight excluding hydrogens is 432 g/mol. The molecule has 0 amide bonds. The van der Waals surface area contributed by atoms with Crippen LogP contribution in [0.3, 0.4) is 0 Å². The maximum absolute atomic E-state index is 14.4. The molecule has 7 nitrogen and oxygen atoms in total. The Bertz CT molecular complexity index is 934. The van der Waals surface area contributed by atoms with Gasteiger partial charge in [0, 0.05) is 13.1 Å². The van der Waals surface area contributed by atoms with Crippen molar-refractivity contribution in [3.8, 4) is 0 Å². The summed E-state index contributed by atoms with van der Waals surface area (Å²) in [4.78, 5) is 4.08. The normalized spacial score (nSPS) is 22.3. The second kappa shape index (κ2) is 7.01. The minimum Gasteiger partial charge on any atom is -0.347 e. The van der Waals surface area contributed by atoms with Crippen molar-refractivity contribution in [2.45, 2.75) is 38.4 Å². The van der Waals surface area contributed by atoms with E-state index in [0.29, 0.717) is 10.2 Å². The number of aromatic nitrogens is 3. The van der Waals surface area contributed by atoms with Gasteiger partial charge in [0.25, 0.3) is 0 Å². The molecule has 2 aromatic heterocycles. The first kappa shape index (κ1) is 19.4. The Morgan fingerprint density at radius 3 is 2.69 bits per heavy atom. The fourth-order valence-electron chi connectivity index (χ4n) is 3.07. The van der Waals surface area contributed by atoms with Crippen LogP contribution < -0.4 is 5.32 Å². The molecule has 0 bridgehead atoms. The minimum atomic E-state index is -3.42. The summed E-state index contributed by atoms with van der Waals surface area (Å²) in [6.45, 7) is 3.85. The molecule has 144 valence electrons. The number of fused-ring (bicyclic) bond motifs is 1. The van der Waals surface area contributed by atoms with Crippen LogP contribution in [0.4, 0.5) is 14.7 Å². The van der Waals surface area contributed by atoms with Gasteiger partial charge in [-0.1, -0.05) is 13.8 Å². The van der Waals surface area contributed by atoms with E-state index < -0.39 is 28.1 Å². The molecule has 26 heavy (non-hydrogen) atoms. The van der Waals surface area contributed by atoms with Gasteiger partial charge in [-0.05, 0) is 28.3 Å². The molecule has 2 atom stereocenters. The van der Waals surface area contributed by atoms with Crippen LogP contribution in [0, 0.1) is 5.82 Å². The topological polar surface area (TPSA) is 79.6 Å². The summed E-state index contributed by atoms with van der Waals surface area (Å²) >= 11 is 3.25. The number of piperidine rings is 1. The van der Waals surface area contributed by atoms with Gasteiger partial charge in [-0.2, -0.15) is 4.31 Å². The SMILES string of the molecule is CC(C)c1c(Br)c(F)c2cnc(N[C@@H]3CCN(S(C)(=O)=O)C[C@H]3F)nn12. The largest absolute Gasteiger partial charge is 0.347 e. The van der Waals surface area contributed by atoms with Crippen molar-refractivity contribution in [3.63, 3.8) is 0 Å². The van der Waals surface area contributed by atoms with Crippen molar-refractivity contribution in [3.05, 3.63) is 22.2 Å². The maximum Gasteiger partial charge on any atom is 0.241 e. The Morgan fingerprint density at radius 2 is 2.12 bits per heavy atom. The summed E-state index contributed by atoms with van der Waals surface area (Å²) in [5, 5.41) is 7.21. The predicted octanol–water partition coefficient (Wildman–Crippen LogP) is 2.54. The molecule has 1 aliphatic heterocycles. The van der Waals surface area contributed by atoms with Crippen molar-refractivity contribution >= 4 is 37.4 Å². The van der Waals surface area contributed by atoms with Crippen LogP contribution in [0.2, 0.25) is 0 Å². The van der Waals surface area contributed by atoms with Gasteiger partial charge in [0.05, 0.1) is 28.7 Å². The molecule has 0 unspecified atom stereocenters. The lowest BCUT2D eigenvalue weighted by Gasteiger charge is -2.33. The van der Waals surface area contributed by atoms with Gasteiger partial charge in [-0.3, -0.25) is 0 Å². The quantitative estimate of drug-likeness (QED) is 0.772. The zero-order valence-corrected chi connectivity index (χ0v) is 17.0. The van der Waals surface area contributed by atoms with Gasteiger partial charge >= 0.3 is 0 Å². The molecule has 1 N–H and O–H groups in total. The maximum atomic E-state index is 14.4. The number of sulfonamides is 1. The summed E-state index contributed by atoms with van der Waals surface area (Å²) in [5.74, 6) is -0.261. The number of halogens is 3. The van der Waals surface area contributed by atoms with Gasteiger partial charge in [-0.25, -0.2) is 26.7 Å². The smallest absolute Gasteiger partial charge is 0.241 e. The Kier molecular flexibility index (Phi) is 5.24. The van der Waals surface area contributed by atoms with E-state index in [1.165, 1.54) is 10.7 Å². The zero-order valence-electron chi connectivity index (χ0n) is 14.6. The van der Waals surface area contributed by atoms with E-state index in [9.17, 15) is 17.2 Å². The van der Waals surface area contributed by atoms with Crippen molar-refractivity contribution in [1.82, 2.24) is 18.9 Å². The molecule has 3 rings (SSSR count). The van der Waals surface area contributed by atoms with Crippen molar-refractivity contribution in [2.75, 3.05) is 24.7 Å². The molecule has 2 aromatic rings. The van der Waals surface area contributed by atoms with Crippen LogP contribution in [0.15, 0.2) is 10.7 Å². The van der Waals surface area contributed by atoms with Crippen LogP contribution in [0.5, 0.6) is 0 Å². The summed E-state index contributed by atoms with van der Waals surface area (Å²) in [7, 11) is -3.42. The van der Waals surface area contributed by atoms with Crippen LogP contribution >= 0.6 is 15.9 Å². The monoisotopic (exact) mass is 451 g/mol. The van der Waals surface area contributed by atoms with Crippen molar-refractivity contribution < 1.29 is 17.2 Å². The number of alkyl halides is 1. The van der Waals surface area contributed by atoms with Gasteiger partial charge in [0.1, 0.15) is 11.7 Å². The molecule has 0 saturated carbocycles. The lowest BCUT2D eigenvalue weighted by Crippen LogP contribution is -2.49. The number of anilines is 1. The highest BCUT2D eigenvalue weighted by Crippen LogP contribution is 2.31. The fourth-order valence-corrected chi connectivity index (χ4v) is 4.75. The summed E-state index contributed by atoms with van der Waals surface area (Å²) in [6.07, 6.45) is 1.31. The molecule has 0 aromatic carbocycles. The lowest BCUT2D eigenvalue weighted by atomic mass is 10.1. The molecule has 0 aliphatic carbocycles.